The van der Waals surface area contributed by atoms with Crippen LogP contribution < -0.4 is 5.32 Å². The van der Waals surface area contributed by atoms with Crippen molar-refractivity contribution in [1.29, 1.82) is 0 Å². The Hall–Kier alpha value is -1.55. The summed E-state index contributed by atoms with van der Waals surface area (Å²) in [6, 6.07) is 9.14. The lowest BCUT2D eigenvalue weighted by Crippen LogP contribution is -2.52. The zero-order valence-corrected chi connectivity index (χ0v) is 13.8. The molecule has 3 atom stereocenters. The maximum Gasteiger partial charge on any atom is 0.318 e. The molecule has 0 radical (unpaired) electrons. The number of urea groups is 1. The first-order valence-electron chi connectivity index (χ1n) is 8.94. The second-order valence-electron chi connectivity index (χ2n) is 7.38. The first-order valence-corrected chi connectivity index (χ1v) is 8.94. The van der Waals surface area contributed by atoms with Crippen LogP contribution in [0, 0.1) is 18.8 Å². The average molecular weight is 314 g/mol. The van der Waals surface area contributed by atoms with Crippen molar-refractivity contribution < 1.29 is 9.53 Å². The highest BCUT2D eigenvalue weighted by molar-refractivity contribution is 5.75. The summed E-state index contributed by atoms with van der Waals surface area (Å²) in [5.74, 6) is 1.13. The van der Waals surface area contributed by atoms with E-state index in [1.165, 1.54) is 30.4 Å². The number of nitrogens with one attached hydrogen (secondary N) is 1. The number of amides is 2. The number of likely N-dealkylation sites (tertiary alicyclic amines) is 1. The van der Waals surface area contributed by atoms with Gasteiger partial charge in [0.15, 0.2) is 0 Å². The number of hydrogen-bond donors (Lipinski definition) is 1. The highest BCUT2D eigenvalue weighted by Gasteiger charge is 2.40. The molecule has 0 aromatic heterocycles. The number of benzene rings is 1. The molecule has 4 rings (SSSR count). The lowest BCUT2D eigenvalue weighted by atomic mass is 9.92. The first kappa shape index (κ1) is 15.0. The lowest BCUT2D eigenvalue weighted by Gasteiger charge is -2.37. The van der Waals surface area contributed by atoms with E-state index in [0.717, 1.165) is 19.6 Å². The van der Waals surface area contributed by atoms with Gasteiger partial charge in [-0.05, 0) is 44.1 Å². The Kier molecular flexibility index (Phi) is 4.02. The Morgan fingerprint density at radius 3 is 2.74 bits per heavy atom. The second kappa shape index (κ2) is 6.16. The molecule has 1 aromatic carbocycles. The fourth-order valence-electron chi connectivity index (χ4n) is 4.04. The van der Waals surface area contributed by atoms with Gasteiger partial charge in [0.1, 0.15) is 0 Å². The van der Waals surface area contributed by atoms with Gasteiger partial charge in [0.2, 0.25) is 0 Å². The van der Waals surface area contributed by atoms with Crippen LogP contribution in [0.25, 0.3) is 0 Å². The molecule has 2 amide bonds. The predicted octanol–water partition coefficient (Wildman–Crippen LogP) is 3.27. The van der Waals surface area contributed by atoms with Crippen molar-refractivity contribution in [2.45, 2.75) is 44.7 Å². The van der Waals surface area contributed by atoms with Crippen LogP contribution in [-0.2, 0) is 4.74 Å². The maximum atomic E-state index is 12.9. The van der Waals surface area contributed by atoms with E-state index in [-0.39, 0.29) is 18.1 Å². The molecule has 124 valence electrons. The third-order valence-electron chi connectivity index (χ3n) is 5.61. The molecule has 2 saturated heterocycles. The van der Waals surface area contributed by atoms with E-state index in [1.807, 2.05) is 4.90 Å². The number of ether oxygens (including phenoxy) is 1. The van der Waals surface area contributed by atoms with E-state index in [4.69, 9.17) is 4.74 Å². The van der Waals surface area contributed by atoms with Crippen molar-refractivity contribution in [2.24, 2.45) is 11.8 Å². The van der Waals surface area contributed by atoms with E-state index >= 15 is 0 Å². The zero-order chi connectivity index (χ0) is 15.8. The summed E-state index contributed by atoms with van der Waals surface area (Å²) in [4.78, 5) is 14.9. The highest BCUT2D eigenvalue weighted by atomic mass is 16.5. The molecular weight excluding hydrogens is 288 g/mol. The largest absolute Gasteiger partial charge is 0.379 e. The molecular formula is C19H26N2O2. The van der Waals surface area contributed by atoms with Gasteiger partial charge in [-0.25, -0.2) is 4.79 Å². The smallest absolute Gasteiger partial charge is 0.318 e. The van der Waals surface area contributed by atoms with Crippen LogP contribution in [0.3, 0.4) is 0 Å². The number of nitrogens with zero attached hydrogens (tertiary/aromatic N) is 1. The van der Waals surface area contributed by atoms with Crippen LogP contribution in [-0.4, -0.2) is 36.7 Å². The summed E-state index contributed by atoms with van der Waals surface area (Å²) in [5.41, 5.74) is 2.50. The van der Waals surface area contributed by atoms with Crippen LogP contribution in [0.15, 0.2) is 24.3 Å². The third kappa shape index (κ3) is 3.09. The lowest BCUT2D eigenvalue weighted by molar-refractivity contribution is 0.127. The fraction of sp³-hybridized carbons (Fsp3) is 0.632. The molecule has 0 bridgehead atoms. The van der Waals surface area contributed by atoms with Crippen molar-refractivity contribution in [3.8, 4) is 0 Å². The number of carbonyl (C=O) groups excluding carboxylic acids is 1. The van der Waals surface area contributed by atoms with Crippen molar-refractivity contribution in [3.63, 3.8) is 0 Å². The molecule has 1 aliphatic carbocycles. The van der Waals surface area contributed by atoms with Gasteiger partial charge in [-0.1, -0.05) is 29.8 Å². The van der Waals surface area contributed by atoms with Crippen LogP contribution in [0.2, 0.25) is 0 Å². The SMILES string of the molecule is Cc1ccc([C@@H](NC(=O)N2CCC[C@H]3COC[C@H]32)C2CC2)cc1. The molecule has 2 aliphatic heterocycles. The maximum absolute atomic E-state index is 12.9. The van der Waals surface area contributed by atoms with E-state index in [9.17, 15) is 4.79 Å². The number of piperidine rings is 1. The van der Waals surface area contributed by atoms with Gasteiger partial charge in [-0.15, -0.1) is 0 Å². The summed E-state index contributed by atoms with van der Waals surface area (Å²) in [5, 5.41) is 3.33. The quantitative estimate of drug-likeness (QED) is 0.930. The number of rotatable bonds is 3. The van der Waals surface area contributed by atoms with Crippen LogP contribution in [0.4, 0.5) is 4.79 Å². The molecule has 0 unspecified atom stereocenters. The van der Waals surface area contributed by atoms with Crippen molar-refractivity contribution in [2.75, 3.05) is 19.8 Å². The number of hydrogen-bond acceptors (Lipinski definition) is 2. The highest BCUT2D eigenvalue weighted by Crippen LogP contribution is 2.41. The molecule has 3 fully saturated rings. The molecule has 23 heavy (non-hydrogen) atoms. The predicted molar refractivity (Wildman–Crippen MR) is 89.2 cm³/mol. The van der Waals surface area contributed by atoms with Crippen molar-refractivity contribution >= 4 is 6.03 Å². The number of aryl methyl sites for hydroxylation is 1. The van der Waals surface area contributed by atoms with Crippen molar-refractivity contribution in [1.82, 2.24) is 10.2 Å². The minimum atomic E-state index is 0.0997. The van der Waals surface area contributed by atoms with E-state index < -0.39 is 0 Å². The minimum absolute atomic E-state index is 0.0997. The Bertz CT molecular complexity index is 567. The van der Waals surface area contributed by atoms with Crippen LogP contribution in [0.1, 0.15) is 42.9 Å². The Labute approximate surface area is 138 Å². The topological polar surface area (TPSA) is 41.6 Å². The van der Waals surface area contributed by atoms with Gasteiger partial charge in [0.05, 0.1) is 25.3 Å². The van der Waals surface area contributed by atoms with Gasteiger partial charge >= 0.3 is 6.03 Å². The standard InChI is InChI=1S/C19H26N2O2/c1-13-4-6-14(7-5-13)18(15-8-9-15)20-19(22)21-10-2-3-16-11-23-12-17(16)21/h4-7,15-18H,2-3,8-12H2,1H3,(H,20,22)/t16-,17+,18+/m0/s1. The fourth-order valence-corrected chi connectivity index (χ4v) is 4.04. The summed E-state index contributed by atoms with van der Waals surface area (Å²) in [6.07, 6.45) is 4.72. The molecule has 1 N–H and O–H groups in total. The van der Waals surface area contributed by atoms with Crippen LogP contribution in [0.5, 0.6) is 0 Å². The Balaban J connectivity index is 1.48. The van der Waals surface area contributed by atoms with Gasteiger partial charge in [0.25, 0.3) is 0 Å². The average Bonchev–Trinajstić information content (AvgIpc) is 3.29. The summed E-state index contributed by atoms with van der Waals surface area (Å²) in [7, 11) is 0. The third-order valence-corrected chi connectivity index (χ3v) is 5.61. The van der Waals surface area contributed by atoms with Crippen molar-refractivity contribution in [3.05, 3.63) is 35.4 Å². The zero-order valence-electron chi connectivity index (χ0n) is 13.8. The number of fused-ring (bicyclic) bond motifs is 1. The number of carbonyl (C=O) groups is 1. The monoisotopic (exact) mass is 314 g/mol. The molecule has 1 aromatic rings. The Morgan fingerprint density at radius 2 is 2.00 bits per heavy atom. The molecule has 4 nitrogen and oxygen atoms in total. The van der Waals surface area contributed by atoms with Gasteiger partial charge < -0.3 is 15.0 Å². The molecule has 1 saturated carbocycles. The normalized spacial score (nSPS) is 28.3. The molecule has 0 spiro atoms. The summed E-state index contributed by atoms with van der Waals surface area (Å²) in [6.45, 7) is 4.49. The minimum Gasteiger partial charge on any atom is -0.379 e. The van der Waals surface area contributed by atoms with E-state index in [0.29, 0.717) is 18.4 Å². The van der Waals surface area contributed by atoms with Gasteiger partial charge in [-0.3, -0.25) is 0 Å². The van der Waals surface area contributed by atoms with Gasteiger partial charge in [-0.2, -0.15) is 0 Å². The Morgan fingerprint density at radius 1 is 1.22 bits per heavy atom. The van der Waals surface area contributed by atoms with Crippen LogP contribution >= 0.6 is 0 Å². The first-order chi connectivity index (χ1) is 11.2. The molecule has 3 aliphatic rings. The molecule has 4 heteroatoms. The molecule has 2 heterocycles. The van der Waals surface area contributed by atoms with Gasteiger partial charge in [0, 0.05) is 12.5 Å². The summed E-state index contributed by atoms with van der Waals surface area (Å²) < 4.78 is 5.61. The van der Waals surface area contributed by atoms with E-state index in [1.54, 1.807) is 0 Å². The summed E-state index contributed by atoms with van der Waals surface area (Å²) >= 11 is 0. The second-order valence-corrected chi connectivity index (χ2v) is 7.38. The van der Waals surface area contributed by atoms with E-state index in [2.05, 4.69) is 36.5 Å².